The van der Waals surface area contributed by atoms with Gasteiger partial charge in [0.25, 0.3) is 0 Å². The molecule has 3 rings (SSSR count). The first-order valence-electron chi connectivity index (χ1n) is 6.23. The molecule has 2 aliphatic rings. The Hall–Kier alpha value is -1.79. The molecule has 5 nitrogen and oxygen atoms in total. The van der Waals surface area contributed by atoms with Crippen molar-refractivity contribution >= 4 is 23.6 Å². The fourth-order valence-corrected chi connectivity index (χ4v) is 3.60. The van der Waals surface area contributed by atoms with Gasteiger partial charge in [0.1, 0.15) is 5.70 Å². The maximum absolute atomic E-state index is 11.4. The molecule has 20 heavy (non-hydrogen) atoms. The summed E-state index contributed by atoms with van der Waals surface area (Å²) >= 11 is 1.41. The molecule has 1 aromatic carbocycles. The number of hydrogen-bond acceptors (Lipinski definition) is 4. The number of fused-ring (bicyclic) bond motifs is 1. The molecular weight excluding hydrogens is 278 g/mol. The van der Waals surface area contributed by atoms with Crippen LogP contribution in [0.3, 0.4) is 0 Å². The van der Waals surface area contributed by atoms with Gasteiger partial charge in [-0.15, -0.1) is 0 Å². The molecule has 0 saturated carbocycles. The molecule has 2 heterocycles. The second-order valence-corrected chi connectivity index (χ2v) is 5.87. The van der Waals surface area contributed by atoms with Gasteiger partial charge in [-0.05, 0) is 5.56 Å². The number of carboxylic acid groups (broad SMARTS) is 1. The summed E-state index contributed by atoms with van der Waals surface area (Å²) in [5, 5.41) is 9.17. The van der Waals surface area contributed by atoms with E-state index in [1.807, 2.05) is 30.3 Å². The number of carbonyl (C=O) groups is 2. The summed E-state index contributed by atoms with van der Waals surface area (Å²) < 4.78 is 5.56. The minimum Gasteiger partial charge on any atom is -0.477 e. The topological polar surface area (TPSA) is 66.8 Å². The Labute approximate surface area is 120 Å². The van der Waals surface area contributed by atoms with Crippen LogP contribution in [0.25, 0.3) is 0 Å². The lowest BCUT2D eigenvalue weighted by atomic mass is 10.1. The molecule has 0 unspecified atom stereocenters. The SMILES string of the molecule is O=C(O)C1=C(COCc2ccccc2)S[C@H]2CC(=O)N12. The Morgan fingerprint density at radius 1 is 1.35 bits per heavy atom. The molecule has 6 heteroatoms. The van der Waals surface area contributed by atoms with E-state index in [4.69, 9.17) is 4.74 Å². The zero-order chi connectivity index (χ0) is 14.1. The summed E-state index contributed by atoms with van der Waals surface area (Å²) in [6.45, 7) is 0.651. The molecule has 2 aliphatic heterocycles. The minimum absolute atomic E-state index is 0.0519. The molecule has 0 aromatic heterocycles. The zero-order valence-corrected chi connectivity index (χ0v) is 11.4. The van der Waals surface area contributed by atoms with Crippen molar-refractivity contribution in [2.24, 2.45) is 0 Å². The summed E-state index contributed by atoms with van der Waals surface area (Å²) in [7, 11) is 0. The molecule has 104 valence electrons. The molecule has 1 saturated heterocycles. The Bertz CT molecular complexity index is 584. The van der Waals surface area contributed by atoms with Crippen molar-refractivity contribution in [2.45, 2.75) is 18.4 Å². The van der Waals surface area contributed by atoms with Crippen LogP contribution in [-0.4, -0.2) is 33.9 Å². The highest BCUT2D eigenvalue weighted by atomic mass is 32.2. The number of benzene rings is 1. The average molecular weight is 291 g/mol. The number of carbonyl (C=O) groups excluding carboxylic acids is 1. The first-order valence-corrected chi connectivity index (χ1v) is 7.11. The van der Waals surface area contributed by atoms with Gasteiger partial charge in [0, 0.05) is 4.91 Å². The Balaban J connectivity index is 1.65. The van der Waals surface area contributed by atoms with Gasteiger partial charge in [-0.25, -0.2) is 4.79 Å². The van der Waals surface area contributed by atoms with Gasteiger partial charge in [-0.3, -0.25) is 9.69 Å². The summed E-state index contributed by atoms with van der Waals surface area (Å²) in [5.41, 5.74) is 1.12. The standard InChI is InChI=1S/C14H13NO4S/c16-11-6-12-15(11)13(14(17)18)10(20-12)8-19-7-9-4-2-1-3-5-9/h1-5,12H,6-8H2,(H,17,18)/t12-/m0/s1. The number of nitrogens with zero attached hydrogens (tertiary/aromatic N) is 1. The molecule has 0 radical (unpaired) electrons. The molecule has 0 bridgehead atoms. The predicted molar refractivity (Wildman–Crippen MR) is 73.6 cm³/mol. The third-order valence-corrected chi connectivity index (χ3v) is 4.48. The zero-order valence-electron chi connectivity index (χ0n) is 10.6. The van der Waals surface area contributed by atoms with E-state index >= 15 is 0 Å². The number of aliphatic carboxylic acids is 1. The van der Waals surface area contributed by atoms with Crippen molar-refractivity contribution < 1.29 is 19.4 Å². The third-order valence-electron chi connectivity index (χ3n) is 3.24. The Morgan fingerprint density at radius 2 is 2.10 bits per heavy atom. The third kappa shape index (κ3) is 2.32. The number of rotatable bonds is 5. The van der Waals surface area contributed by atoms with Crippen LogP contribution in [-0.2, 0) is 20.9 Å². The summed E-state index contributed by atoms with van der Waals surface area (Å²) in [6.07, 6.45) is 0.406. The van der Waals surface area contributed by atoms with Crippen LogP contribution in [0, 0.1) is 0 Å². The first-order chi connectivity index (χ1) is 9.66. The Kier molecular flexibility index (Phi) is 3.50. The first kappa shape index (κ1) is 13.2. The van der Waals surface area contributed by atoms with Gasteiger partial charge in [-0.1, -0.05) is 42.1 Å². The lowest BCUT2D eigenvalue weighted by molar-refractivity contribution is -0.145. The smallest absolute Gasteiger partial charge is 0.353 e. The number of thioether (sulfide) groups is 1. The largest absolute Gasteiger partial charge is 0.477 e. The molecule has 1 atom stereocenters. The number of hydrogen-bond donors (Lipinski definition) is 1. The maximum atomic E-state index is 11.4. The van der Waals surface area contributed by atoms with Gasteiger partial charge < -0.3 is 9.84 Å². The summed E-state index contributed by atoms with van der Waals surface area (Å²) in [4.78, 5) is 24.7. The number of carboxylic acids is 1. The van der Waals surface area contributed by atoms with Crippen molar-refractivity contribution in [2.75, 3.05) is 6.61 Å². The molecule has 1 N–H and O–H groups in total. The fourth-order valence-electron chi connectivity index (χ4n) is 2.27. The van der Waals surface area contributed by atoms with E-state index in [0.717, 1.165) is 5.56 Å². The monoisotopic (exact) mass is 291 g/mol. The van der Waals surface area contributed by atoms with E-state index in [1.165, 1.54) is 16.7 Å². The quantitative estimate of drug-likeness (QED) is 0.838. The van der Waals surface area contributed by atoms with Gasteiger partial charge in [-0.2, -0.15) is 0 Å². The van der Waals surface area contributed by atoms with Gasteiger partial charge in [0.05, 0.1) is 25.0 Å². The van der Waals surface area contributed by atoms with Crippen LogP contribution in [0.5, 0.6) is 0 Å². The molecular formula is C14H13NO4S. The van der Waals surface area contributed by atoms with Crippen LogP contribution >= 0.6 is 11.8 Å². The highest BCUT2D eigenvalue weighted by Crippen LogP contribution is 2.46. The van der Waals surface area contributed by atoms with Crippen LogP contribution < -0.4 is 0 Å². The molecule has 1 amide bonds. The van der Waals surface area contributed by atoms with E-state index < -0.39 is 5.97 Å². The van der Waals surface area contributed by atoms with E-state index in [1.54, 1.807) is 0 Å². The van der Waals surface area contributed by atoms with Crippen LogP contribution in [0.15, 0.2) is 40.9 Å². The molecule has 1 aromatic rings. The second kappa shape index (κ2) is 5.30. The van der Waals surface area contributed by atoms with Gasteiger partial charge >= 0.3 is 5.97 Å². The predicted octanol–water partition coefficient (Wildman–Crippen LogP) is 1.80. The van der Waals surface area contributed by atoms with E-state index in [2.05, 4.69) is 0 Å². The molecule has 1 fully saturated rings. The fraction of sp³-hybridized carbons (Fsp3) is 0.286. The lowest BCUT2D eigenvalue weighted by Gasteiger charge is -2.33. The van der Waals surface area contributed by atoms with Crippen molar-refractivity contribution in [1.29, 1.82) is 0 Å². The molecule has 0 spiro atoms. The van der Waals surface area contributed by atoms with Crippen LogP contribution in [0.1, 0.15) is 12.0 Å². The number of amides is 1. The van der Waals surface area contributed by atoms with Crippen molar-refractivity contribution in [3.8, 4) is 0 Å². The molecule has 0 aliphatic carbocycles. The average Bonchev–Trinajstić information content (AvgIpc) is 2.73. The highest BCUT2D eigenvalue weighted by Gasteiger charge is 2.48. The van der Waals surface area contributed by atoms with Crippen LogP contribution in [0.2, 0.25) is 0 Å². The van der Waals surface area contributed by atoms with E-state index in [0.29, 0.717) is 17.9 Å². The van der Waals surface area contributed by atoms with Crippen LogP contribution in [0.4, 0.5) is 0 Å². The normalized spacial score (nSPS) is 20.9. The summed E-state index contributed by atoms with van der Waals surface area (Å²) in [6, 6.07) is 9.68. The number of β-lactam (4-membered cyclic amide) rings is 1. The van der Waals surface area contributed by atoms with Crippen molar-refractivity contribution in [3.63, 3.8) is 0 Å². The van der Waals surface area contributed by atoms with E-state index in [9.17, 15) is 14.7 Å². The van der Waals surface area contributed by atoms with Gasteiger partial charge in [0.2, 0.25) is 5.91 Å². The lowest BCUT2D eigenvalue weighted by Crippen LogP contribution is -2.48. The van der Waals surface area contributed by atoms with Crippen molar-refractivity contribution in [1.82, 2.24) is 4.90 Å². The summed E-state index contributed by atoms with van der Waals surface area (Å²) in [5.74, 6) is -1.19. The number of ether oxygens (including phenoxy) is 1. The second-order valence-electron chi connectivity index (χ2n) is 4.60. The van der Waals surface area contributed by atoms with Crippen molar-refractivity contribution in [3.05, 3.63) is 46.5 Å². The minimum atomic E-state index is -1.06. The van der Waals surface area contributed by atoms with Gasteiger partial charge in [0.15, 0.2) is 0 Å². The maximum Gasteiger partial charge on any atom is 0.353 e. The van der Waals surface area contributed by atoms with E-state index in [-0.39, 0.29) is 23.6 Å². The highest BCUT2D eigenvalue weighted by molar-refractivity contribution is 8.04. The Morgan fingerprint density at radius 3 is 2.75 bits per heavy atom.